The van der Waals surface area contributed by atoms with Gasteiger partial charge < -0.3 is 5.11 Å². The standard InChI is InChI=1S/C8H12O.C2H6/c1-4-6-7(3)8(9)5-2;1-2/h4-5,9H,1-2,6H2,3H3;1-2H3/b8-7-;. The molecule has 0 rings (SSSR count). The molecule has 0 saturated carbocycles. The van der Waals surface area contributed by atoms with Crippen molar-refractivity contribution in [3.8, 4) is 0 Å². The zero-order chi connectivity index (χ0) is 9.28. The summed E-state index contributed by atoms with van der Waals surface area (Å²) < 4.78 is 0. The maximum Gasteiger partial charge on any atom is 0.114 e. The van der Waals surface area contributed by atoms with Crippen LogP contribution in [0.15, 0.2) is 36.6 Å². The molecule has 0 aliphatic heterocycles. The van der Waals surface area contributed by atoms with Crippen molar-refractivity contribution in [1.82, 2.24) is 0 Å². The van der Waals surface area contributed by atoms with Gasteiger partial charge in [0.1, 0.15) is 5.76 Å². The van der Waals surface area contributed by atoms with Crippen LogP contribution in [0.5, 0.6) is 0 Å². The number of aliphatic hydroxyl groups is 1. The second kappa shape index (κ2) is 9.02. The van der Waals surface area contributed by atoms with Crippen molar-refractivity contribution in [2.75, 3.05) is 0 Å². The Hall–Kier alpha value is -0.980. The SMILES string of the molecule is C=CC/C(C)=C(\O)C=C.CC. The molecule has 0 radical (unpaired) electrons. The van der Waals surface area contributed by atoms with Gasteiger partial charge in [0.15, 0.2) is 0 Å². The Morgan fingerprint density at radius 3 is 2.09 bits per heavy atom. The third-order valence-corrected chi connectivity index (χ3v) is 1.08. The summed E-state index contributed by atoms with van der Waals surface area (Å²) in [5.41, 5.74) is 0.903. The largest absolute Gasteiger partial charge is 0.508 e. The summed E-state index contributed by atoms with van der Waals surface area (Å²) in [5.74, 6) is 0.259. The number of hydrogen-bond acceptors (Lipinski definition) is 1. The van der Waals surface area contributed by atoms with E-state index >= 15 is 0 Å². The molecule has 0 fully saturated rings. The molecule has 64 valence electrons. The van der Waals surface area contributed by atoms with Gasteiger partial charge in [-0.2, -0.15) is 0 Å². The quantitative estimate of drug-likeness (QED) is 0.374. The zero-order valence-electron chi connectivity index (χ0n) is 7.72. The fourth-order valence-electron chi connectivity index (χ4n) is 0.495. The third-order valence-electron chi connectivity index (χ3n) is 1.08. The van der Waals surface area contributed by atoms with Crippen LogP contribution in [0.2, 0.25) is 0 Å². The molecule has 0 amide bonds. The van der Waals surface area contributed by atoms with Crippen LogP contribution in [0.25, 0.3) is 0 Å². The summed E-state index contributed by atoms with van der Waals surface area (Å²) in [5, 5.41) is 8.97. The van der Waals surface area contributed by atoms with Gasteiger partial charge in [0.2, 0.25) is 0 Å². The predicted molar refractivity (Wildman–Crippen MR) is 51.7 cm³/mol. The van der Waals surface area contributed by atoms with Crippen LogP contribution in [0.4, 0.5) is 0 Å². The molecule has 0 aromatic heterocycles. The fraction of sp³-hybridized carbons (Fsp3) is 0.400. The van der Waals surface area contributed by atoms with Gasteiger partial charge in [0.05, 0.1) is 0 Å². The van der Waals surface area contributed by atoms with E-state index in [9.17, 15) is 0 Å². The Morgan fingerprint density at radius 1 is 1.36 bits per heavy atom. The first-order valence-electron chi connectivity index (χ1n) is 3.84. The van der Waals surface area contributed by atoms with Crippen molar-refractivity contribution in [1.29, 1.82) is 0 Å². The van der Waals surface area contributed by atoms with Gasteiger partial charge in [-0.3, -0.25) is 0 Å². The highest BCUT2D eigenvalue weighted by molar-refractivity contribution is 5.16. The van der Waals surface area contributed by atoms with Crippen molar-refractivity contribution >= 4 is 0 Å². The number of aliphatic hydroxyl groups excluding tert-OH is 1. The molecule has 0 aromatic rings. The highest BCUT2D eigenvalue weighted by Gasteiger charge is 1.90. The smallest absolute Gasteiger partial charge is 0.114 e. The van der Waals surface area contributed by atoms with Gasteiger partial charge in [-0.1, -0.05) is 26.5 Å². The normalized spacial score (nSPS) is 10.5. The maximum absolute atomic E-state index is 8.97. The first-order valence-corrected chi connectivity index (χ1v) is 3.84. The van der Waals surface area contributed by atoms with E-state index in [0.29, 0.717) is 0 Å². The van der Waals surface area contributed by atoms with Crippen molar-refractivity contribution in [2.24, 2.45) is 0 Å². The van der Waals surface area contributed by atoms with Gasteiger partial charge in [-0.05, 0) is 25.0 Å². The highest BCUT2D eigenvalue weighted by Crippen LogP contribution is 2.05. The molecular weight excluding hydrogens is 136 g/mol. The van der Waals surface area contributed by atoms with E-state index in [1.54, 1.807) is 6.08 Å². The van der Waals surface area contributed by atoms with E-state index in [-0.39, 0.29) is 5.76 Å². The van der Waals surface area contributed by atoms with Gasteiger partial charge >= 0.3 is 0 Å². The molecule has 0 bridgehead atoms. The maximum atomic E-state index is 8.97. The molecular formula is C10H18O. The molecule has 0 unspecified atom stereocenters. The molecule has 0 spiro atoms. The highest BCUT2D eigenvalue weighted by atomic mass is 16.3. The molecule has 1 N–H and O–H groups in total. The second-order valence-corrected chi connectivity index (χ2v) is 1.86. The lowest BCUT2D eigenvalue weighted by atomic mass is 10.2. The van der Waals surface area contributed by atoms with E-state index < -0.39 is 0 Å². The van der Waals surface area contributed by atoms with Gasteiger partial charge in [-0.25, -0.2) is 0 Å². The molecule has 1 heteroatoms. The second-order valence-electron chi connectivity index (χ2n) is 1.86. The van der Waals surface area contributed by atoms with Crippen LogP contribution >= 0.6 is 0 Å². The first kappa shape index (κ1) is 12.7. The summed E-state index contributed by atoms with van der Waals surface area (Å²) in [6.45, 7) is 12.8. The number of hydrogen-bond donors (Lipinski definition) is 1. The minimum absolute atomic E-state index is 0.259. The molecule has 0 aliphatic rings. The minimum atomic E-state index is 0.259. The molecule has 0 saturated heterocycles. The van der Waals surface area contributed by atoms with Crippen molar-refractivity contribution < 1.29 is 5.11 Å². The van der Waals surface area contributed by atoms with Crippen LogP contribution in [-0.2, 0) is 0 Å². The third kappa shape index (κ3) is 6.91. The lowest BCUT2D eigenvalue weighted by molar-refractivity contribution is 0.424. The summed E-state index contributed by atoms with van der Waals surface area (Å²) in [7, 11) is 0. The zero-order valence-corrected chi connectivity index (χ0v) is 7.72. The Labute approximate surface area is 69.8 Å². The van der Waals surface area contributed by atoms with E-state index in [4.69, 9.17) is 5.11 Å². The molecule has 0 aliphatic carbocycles. The molecule has 1 nitrogen and oxygen atoms in total. The van der Waals surface area contributed by atoms with E-state index in [0.717, 1.165) is 12.0 Å². The van der Waals surface area contributed by atoms with Crippen LogP contribution in [0.1, 0.15) is 27.2 Å². The van der Waals surface area contributed by atoms with Crippen LogP contribution in [0, 0.1) is 0 Å². The Balaban J connectivity index is 0. The average molecular weight is 154 g/mol. The molecule has 0 atom stereocenters. The van der Waals surface area contributed by atoms with Crippen LogP contribution in [-0.4, -0.2) is 5.11 Å². The number of rotatable bonds is 3. The summed E-state index contributed by atoms with van der Waals surface area (Å²) in [6.07, 6.45) is 3.89. The Bertz CT molecular complexity index is 143. The Morgan fingerprint density at radius 2 is 1.82 bits per heavy atom. The molecule has 0 heterocycles. The summed E-state index contributed by atoms with van der Waals surface area (Å²) >= 11 is 0. The average Bonchev–Trinajstić information content (AvgIpc) is 2.07. The first-order chi connectivity index (χ1) is 5.22. The van der Waals surface area contributed by atoms with Crippen LogP contribution in [0.3, 0.4) is 0 Å². The van der Waals surface area contributed by atoms with Crippen molar-refractivity contribution in [2.45, 2.75) is 27.2 Å². The van der Waals surface area contributed by atoms with Crippen molar-refractivity contribution in [3.63, 3.8) is 0 Å². The lowest BCUT2D eigenvalue weighted by Crippen LogP contribution is -1.80. The van der Waals surface area contributed by atoms with Crippen molar-refractivity contribution in [3.05, 3.63) is 36.6 Å². The number of allylic oxidation sites excluding steroid dienone is 3. The summed E-state index contributed by atoms with van der Waals surface area (Å²) in [6, 6.07) is 0. The van der Waals surface area contributed by atoms with E-state index in [1.165, 1.54) is 6.08 Å². The monoisotopic (exact) mass is 154 g/mol. The molecule has 0 aromatic carbocycles. The predicted octanol–water partition coefficient (Wildman–Crippen LogP) is 3.61. The fourth-order valence-corrected chi connectivity index (χ4v) is 0.495. The van der Waals surface area contributed by atoms with Crippen LogP contribution < -0.4 is 0 Å². The van der Waals surface area contributed by atoms with Gasteiger partial charge in [0, 0.05) is 0 Å². The van der Waals surface area contributed by atoms with Gasteiger partial charge in [-0.15, -0.1) is 6.58 Å². The Kier molecular flexibility index (Phi) is 10.4. The van der Waals surface area contributed by atoms with E-state index in [2.05, 4.69) is 13.2 Å². The summed E-state index contributed by atoms with van der Waals surface area (Å²) in [4.78, 5) is 0. The van der Waals surface area contributed by atoms with Gasteiger partial charge in [0.25, 0.3) is 0 Å². The lowest BCUT2D eigenvalue weighted by Gasteiger charge is -1.95. The minimum Gasteiger partial charge on any atom is -0.508 e. The van der Waals surface area contributed by atoms with E-state index in [1.807, 2.05) is 20.8 Å². The topological polar surface area (TPSA) is 20.2 Å². The molecule has 11 heavy (non-hydrogen) atoms.